The minimum absolute atomic E-state index is 0.115. The summed E-state index contributed by atoms with van der Waals surface area (Å²) >= 11 is 0. The van der Waals surface area contributed by atoms with Crippen LogP contribution >= 0.6 is 0 Å². The van der Waals surface area contributed by atoms with Crippen LogP contribution in [-0.4, -0.2) is 50.3 Å². The molecule has 7 heteroatoms. The number of para-hydroxylation sites is 1. The molecule has 1 aliphatic heterocycles. The van der Waals surface area contributed by atoms with Gasteiger partial charge in [0.1, 0.15) is 11.6 Å². The zero-order chi connectivity index (χ0) is 21.5. The van der Waals surface area contributed by atoms with Gasteiger partial charge in [0, 0.05) is 43.3 Å². The van der Waals surface area contributed by atoms with Crippen LogP contribution in [0.2, 0.25) is 0 Å². The Morgan fingerprint density at radius 1 is 1.03 bits per heavy atom. The Kier molecular flexibility index (Phi) is 6.72. The predicted octanol–water partition coefficient (Wildman–Crippen LogP) is 3.62. The van der Waals surface area contributed by atoms with Gasteiger partial charge in [-0.3, -0.25) is 0 Å². The van der Waals surface area contributed by atoms with E-state index in [0.29, 0.717) is 13.1 Å². The van der Waals surface area contributed by atoms with Gasteiger partial charge in [0.05, 0.1) is 12.6 Å². The summed E-state index contributed by atoms with van der Waals surface area (Å²) < 4.78 is 5.22. The normalized spacial score (nSPS) is 14.3. The van der Waals surface area contributed by atoms with Crippen LogP contribution in [0.3, 0.4) is 0 Å². The number of nitrogens with zero attached hydrogens (tertiary/aromatic N) is 2. The Morgan fingerprint density at radius 3 is 2.58 bits per heavy atom. The van der Waals surface area contributed by atoms with Crippen molar-refractivity contribution in [3.05, 3.63) is 60.7 Å². The summed E-state index contributed by atoms with van der Waals surface area (Å²) in [6.07, 6.45) is 1.86. The van der Waals surface area contributed by atoms with E-state index in [0.717, 1.165) is 48.4 Å². The summed E-state index contributed by atoms with van der Waals surface area (Å²) in [7, 11) is 1.67. The van der Waals surface area contributed by atoms with Crippen molar-refractivity contribution in [3.63, 3.8) is 0 Å². The summed E-state index contributed by atoms with van der Waals surface area (Å²) in [5.41, 5.74) is 2.15. The van der Waals surface area contributed by atoms with E-state index in [9.17, 15) is 4.79 Å². The molecule has 2 amide bonds. The van der Waals surface area contributed by atoms with Crippen molar-refractivity contribution in [1.82, 2.24) is 15.6 Å². The van der Waals surface area contributed by atoms with Crippen LogP contribution in [-0.2, 0) is 0 Å². The van der Waals surface area contributed by atoms with E-state index in [1.165, 1.54) is 5.69 Å². The number of fused-ring (bicyclic) bond motifs is 1. The third-order valence-electron chi connectivity index (χ3n) is 5.58. The summed E-state index contributed by atoms with van der Waals surface area (Å²) in [6, 6.07) is 20.2. The summed E-state index contributed by atoms with van der Waals surface area (Å²) in [6.45, 7) is 3.00. The summed E-state index contributed by atoms with van der Waals surface area (Å²) in [4.78, 5) is 19.1. The second kappa shape index (κ2) is 10.0. The van der Waals surface area contributed by atoms with Gasteiger partial charge >= 0.3 is 6.03 Å². The quantitative estimate of drug-likeness (QED) is 0.510. The fourth-order valence-corrected chi connectivity index (χ4v) is 3.84. The molecule has 0 saturated carbocycles. The Hall–Kier alpha value is -3.48. The van der Waals surface area contributed by atoms with Crippen LogP contribution in [0.1, 0.15) is 12.8 Å². The van der Waals surface area contributed by atoms with Gasteiger partial charge in [-0.1, -0.05) is 18.2 Å². The van der Waals surface area contributed by atoms with E-state index < -0.39 is 0 Å². The number of aromatic nitrogens is 1. The van der Waals surface area contributed by atoms with Crippen LogP contribution in [0, 0.1) is 0 Å². The number of rotatable bonds is 7. The van der Waals surface area contributed by atoms with Crippen LogP contribution in [0.4, 0.5) is 16.3 Å². The van der Waals surface area contributed by atoms with Gasteiger partial charge in [0.2, 0.25) is 0 Å². The van der Waals surface area contributed by atoms with Crippen molar-refractivity contribution in [3.8, 4) is 5.75 Å². The average molecular weight is 420 g/mol. The monoisotopic (exact) mass is 419 g/mol. The highest BCUT2D eigenvalue weighted by Crippen LogP contribution is 2.22. The highest BCUT2D eigenvalue weighted by molar-refractivity contribution is 5.80. The molecule has 0 unspecified atom stereocenters. The van der Waals surface area contributed by atoms with Crippen LogP contribution in [0.15, 0.2) is 60.7 Å². The molecule has 3 aromatic rings. The van der Waals surface area contributed by atoms with Gasteiger partial charge in [-0.05, 0) is 55.3 Å². The Labute approximate surface area is 182 Å². The topological polar surface area (TPSA) is 78.5 Å². The van der Waals surface area contributed by atoms with Gasteiger partial charge < -0.3 is 25.6 Å². The first-order valence-electron chi connectivity index (χ1n) is 10.7. The molecule has 0 bridgehead atoms. The molecule has 7 nitrogen and oxygen atoms in total. The highest BCUT2D eigenvalue weighted by Gasteiger charge is 2.20. The fraction of sp³-hybridized carbons (Fsp3) is 0.333. The van der Waals surface area contributed by atoms with E-state index in [-0.39, 0.29) is 12.1 Å². The molecule has 0 atom stereocenters. The molecule has 1 aromatic heterocycles. The molecule has 0 radical (unpaired) electrons. The number of carbonyl (C=O) groups excluding carboxylic acids is 1. The number of hydrogen-bond donors (Lipinski definition) is 3. The second-order valence-electron chi connectivity index (χ2n) is 7.68. The number of urea groups is 1. The maximum Gasteiger partial charge on any atom is 0.315 e. The number of nitrogens with one attached hydrogen (secondary N) is 3. The van der Waals surface area contributed by atoms with Crippen LogP contribution in [0.25, 0.3) is 10.9 Å². The Bertz CT molecular complexity index is 1000. The molecule has 3 N–H and O–H groups in total. The van der Waals surface area contributed by atoms with Gasteiger partial charge in [-0.25, -0.2) is 9.78 Å². The van der Waals surface area contributed by atoms with Crippen molar-refractivity contribution in [2.45, 2.75) is 18.9 Å². The lowest BCUT2D eigenvalue weighted by Crippen LogP contribution is -2.48. The van der Waals surface area contributed by atoms with Crippen molar-refractivity contribution in [1.29, 1.82) is 0 Å². The molecule has 1 fully saturated rings. The minimum atomic E-state index is -0.115. The number of pyridine rings is 1. The lowest BCUT2D eigenvalue weighted by Gasteiger charge is -2.34. The van der Waals surface area contributed by atoms with E-state index in [4.69, 9.17) is 4.74 Å². The highest BCUT2D eigenvalue weighted by atomic mass is 16.5. The van der Waals surface area contributed by atoms with Crippen molar-refractivity contribution in [2.24, 2.45) is 0 Å². The van der Waals surface area contributed by atoms with E-state index in [2.05, 4.69) is 38.0 Å². The SMILES string of the molecule is COc1ccc(N2CCC(NC(=O)NCCNc3ccc4ccccc4n3)CC2)cc1. The molecule has 31 heavy (non-hydrogen) atoms. The van der Waals surface area contributed by atoms with Gasteiger partial charge in [-0.2, -0.15) is 0 Å². The molecular formula is C24H29N5O2. The average Bonchev–Trinajstić information content (AvgIpc) is 2.82. The lowest BCUT2D eigenvalue weighted by molar-refractivity contribution is 0.235. The van der Waals surface area contributed by atoms with Gasteiger partial charge in [-0.15, -0.1) is 0 Å². The van der Waals surface area contributed by atoms with Crippen LogP contribution < -0.4 is 25.6 Å². The maximum atomic E-state index is 12.2. The largest absolute Gasteiger partial charge is 0.497 e. The number of carbonyl (C=O) groups is 1. The molecule has 4 rings (SSSR count). The third-order valence-corrected chi connectivity index (χ3v) is 5.58. The second-order valence-corrected chi connectivity index (χ2v) is 7.68. The number of anilines is 2. The molecule has 1 saturated heterocycles. The summed E-state index contributed by atoms with van der Waals surface area (Å²) in [5.74, 6) is 1.68. The van der Waals surface area contributed by atoms with Crippen molar-refractivity contribution in [2.75, 3.05) is 43.5 Å². The number of methoxy groups -OCH3 is 1. The first kappa shape index (κ1) is 20.8. The van der Waals surface area contributed by atoms with Gasteiger partial charge in [0.25, 0.3) is 0 Å². The first-order valence-corrected chi connectivity index (χ1v) is 10.7. The van der Waals surface area contributed by atoms with E-state index >= 15 is 0 Å². The molecule has 2 aromatic carbocycles. The fourth-order valence-electron chi connectivity index (χ4n) is 3.84. The number of piperidine rings is 1. The number of ether oxygens (including phenoxy) is 1. The Balaban J connectivity index is 1.15. The molecule has 0 spiro atoms. The van der Waals surface area contributed by atoms with Crippen molar-refractivity contribution >= 4 is 28.4 Å². The predicted molar refractivity (Wildman–Crippen MR) is 125 cm³/mol. The van der Waals surface area contributed by atoms with Gasteiger partial charge in [0.15, 0.2) is 0 Å². The minimum Gasteiger partial charge on any atom is -0.497 e. The zero-order valence-corrected chi connectivity index (χ0v) is 17.8. The molecule has 1 aliphatic rings. The van der Waals surface area contributed by atoms with Crippen LogP contribution in [0.5, 0.6) is 5.75 Å². The first-order chi connectivity index (χ1) is 15.2. The molecule has 162 valence electrons. The number of hydrogen-bond acceptors (Lipinski definition) is 5. The summed E-state index contributed by atoms with van der Waals surface area (Å²) in [5, 5.41) is 10.4. The molecule has 2 heterocycles. The van der Waals surface area contributed by atoms with E-state index in [1.54, 1.807) is 7.11 Å². The number of benzene rings is 2. The van der Waals surface area contributed by atoms with E-state index in [1.807, 2.05) is 48.5 Å². The lowest BCUT2D eigenvalue weighted by atomic mass is 10.0. The standard InChI is InChI=1S/C24H29N5O2/c1-31-21-9-7-20(8-10-21)29-16-12-19(13-17-29)27-24(30)26-15-14-25-23-11-6-18-4-2-3-5-22(18)28-23/h2-11,19H,12-17H2,1H3,(H,25,28)(H2,26,27,30). The third kappa shape index (κ3) is 5.57. The number of amides is 2. The maximum absolute atomic E-state index is 12.2. The Morgan fingerprint density at radius 2 is 1.81 bits per heavy atom. The smallest absolute Gasteiger partial charge is 0.315 e. The zero-order valence-electron chi connectivity index (χ0n) is 17.8. The molecular weight excluding hydrogens is 390 g/mol. The molecule has 0 aliphatic carbocycles. The van der Waals surface area contributed by atoms with Crippen molar-refractivity contribution < 1.29 is 9.53 Å².